The van der Waals surface area contributed by atoms with Crippen LogP contribution in [-0.2, 0) is 4.74 Å². The van der Waals surface area contributed by atoms with Crippen LogP contribution >= 0.6 is 0 Å². The summed E-state index contributed by atoms with van der Waals surface area (Å²) >= 11 is 0. The van der Waals surface area contributed by atoms with Crippen molar-refractivity contribution in [3.8, 4) is 0 Å². The Balaban J connectivity index is 2.07. The first-order valence-electron chi connectivity index (χ1n) is 8.95. The van der Waals surface area contributed by atoms with Crippen LogP contribution in [0.25, 0.3) is 0 Å². The molecule has 0 aromatic carbocycles. The molecule has 1 saturated carbocycles. The van der Waals surface area contributed by atoms with E-state index < -0.39 is 0 Å². The average Bonchev–Trinajstić information content (AvgIpc) is 2.47. The van der Waals surface area contributed by atoms with Crippen molar-refractivity contribution in [1.82, 2.24) is 10.2 Å². The summed E-state index contributed by atoms with van der Waals surface area (Å²) in [5.74, 6) is 1.56. The minimum atomic E-state index is 0.124. The Morgan fingerprint density at radius 1 is 1.19 bits per heavy atom. The van der Waals surface area contributed by atoms with Crippen LogP contribution in [0.5, 0.6) is 0 Å². The van der Waals surface area contributed by atoms with E-state index in [9.17, 15) is 0 Å². The van der Waals surface area contributed by atoms with Crippen LogP contribution in [-0.4, -0.2) is 49.3 Å². The van der Waals surface area contributed by atoms with Crippen LogP contribution in [0.1, 0.15) is 59.8 Å². The summed E-state index contributed by atoms with van der Waals surface area (Å²) in [5, 5.41) is 3.88. The molecule has 1 N–H and O–H groups in total. The summed E-state index contributed by atoms with van der Waals surface area (Å²) in [6.07, 6.45) is 7.14. The number of nitrogens with one attached hydrogen (secondary N) is 1. The van der Waals surface area contributed by atoms with Crippen molar-refractivity contribution in [1.29, 1.82) is 0 Å². The van der Waals surface area contributed by atoms with E-state index in [4.69, 9.17) is 4.74 Å². The fraction of sp³-hybridized carbons (Fsp3) is 1.00. The van der Waals surface area contributed by atoms with Crippen molar-refractivity contribution in [3.63, 3.8) is 0 Å². The predicted molar refractivity (Wildman–Crippen MR) is 89.7 cm³/mol. The standard InChI is InChI=1S/C18H36N2O/c1-14(2)17-11-19-16(15-9-7-6-8-10-15)12-20(17)18(3,4)13-21-5/h14-17,19H,6-13H2,1-5H3. The summed E-state index contributed by atoms with van der Waals surface area (Å²) in [7, 11) is 1.83. The summed E-state index contributed by atoms with van der Waals surface area (Å²) in [5.41, 5.74) is 0.124. The Morgan fingerprint density at radius 2 is 1.86 bits per heavy atom. The smallest absolute Gasteiger partial charge is 0.0641 e. The SMILES string of the molecule is COCC(C)(C)N1CC(C2CCCCC2)NCC1C(C)C. The highest BCUT2D eigenvalue weighted by Gasteiger charge is 2.40. The molecule has 0 radical (unpaired) electrons. The second kappa shape index (κ2) is 7.43. The molecule has 2 atom stereocenters. The van der Waals surface area contributed by atoms with E-state index >= 15 is 0 Å². The first-order chi connectivity index (χ1) is 9.95. The highest BCUT2D eigenvalue weighted by Crippen LogP contribution is 2.32. The van der Waals surface area contributed by atoms with Crippen molar-refractivity contribution in [2.24, 2.45) is 11.8 Å². The third-order valence-electron chi connectivity index (χ3n) is 5.65. The number of nitrogens with zero attached hydrogens (tertiary/aromatic N) is 1. The van der Waals surface area contributed by atoms with Gasteiger partial charge in [-0.25, -0.2) is 0 Å². The molecule has 3 nitrogen and oxygen atoms in total. The van der Waals surface area contributed by atoms with E-state index in [1.54, 1.807) is 0 Å². The van der Waals surface area contributed by atoms with Crippen LogP contribution in [0.2, 0.25) is 0 Å². The third-order valence-corrected chi connectivity index (χ3v) is 5.65. The Hall–Kier alpha value is -0.120. The van der Waals surface area contributed by atoms with E-state index in [0.717, 1.165) is 19.1 Å². The molecular formula is C18H36N2O. The van der Waals surface area contributed by atoms with Crippen LogP contribution in [0, 0.1) is 11.8 Å². The minimum absolute atomic E-state index is 0.124. The van der Waals surface area contributed by atoms with E-state index in [1.165, 1.54) is 38.6 Å². The summed E-state index contributed by atoms with van der Waals surface area (Å²) in [6.45, 7) is 12.5. The molecule has 0 amide bonds. The summed E-state index contributed by atoms with van der Waals surface area (Å²) in [6, 6.07) is 1.30. The van der Waals surface area contributed by atoms with Crippen molar-refractivity contribution in [3.05, 3.63) is 0 Å². The molecule has 124 valence electrons. The van der Waals surface area contributed by atoms with E-state index in [-0.39, 0.29) is 5.54 Å². The monoisotopic (exact) mass is 296 g/mol. The molecule has 2 rings (SSSR count). The lowest BCUT2D eigenvalue weighted by molar-refractivity contribution is -0.0386. The first kappa shape index (κ1) is 17.2. The van der Waals surface area contributed by atoms with Crippen LogP contribution in [0.4, 0.5) is 0 Å². The van der Waals surface area contributed by atoms with Gasteiger partial charge in [-0.2, -0.15) is 0 Å². The second-order valence-electron chi connectivity index (χ2n) is 8.12. The van der Waals surface area contributed by atoms with Gasteiger partial charge in [0, 0.05) is 37.8 Å². The van der Waals surface area contributed by atoms with Gasteiger partial charge in [0.25, 0.3) is 0 Å². The molecule has 1 heterocycles. The lowest BCUT2D eigenvalue weighted by Crippen LogP contribution is -2.66. The van der Waals surface area contributed by atoms with Crippen molar-refractivity contribution in [2.75, 3.05) is 26.8 Å². The van der Waals surface area contributed by atoms with Gasteiger partial charge in [0.05, 0.1) is 6.61 Å². The van der Waals surface area contributed by atoms with Crippen molar-refractivity contribution < 1.29 is 4.74 Å². The van der Waals surface area contributed by atoms with Gasteiger partial charge in [-0.3, -0.25) is 4.90 Å². The molecule has 0 spiro atoms. The molecule has 1 aliphatic carbocycles. The van der Waals surface area contributed by atoms with Crippen molar-refractivity contribution in [2.45, 2.75) is 77.4 Å². The third kappa shape index (κ3) is 4.20. The number of ether oxygens (including phenoxy) is 1. The molecule has 1 saturated heterocycles. The number of hydrogen-bond donors (Lipinski definition) is 1. The summed E-state index contributed by atoms with van der Waals surface area (Å²) < 4.78 is 5.51. The molecule has 0 aromatic heterocycles. The summed E-state index contributed by atoms with van der Waals surface area (Å²) in [4.78, 5) is 2.73. The quantitative estimate of drug-likeness (QED) is 0.842. The number of hydrogen-bond acceptors (Lipinski definition) is 3. The molecule has 0 aromatic rings. The van der Waals surface area contributed by atoms with Gasteiger partial charge in [-0.1, -0.05) is 33.1 Å². The molecule has 1 aliphatic heterocycles. The minimum Gasteiger partial charge on any atom is -0.383 e. The average molecular weight is 296 g/mol. The Labute approximate surface area is 131 Å². The molecule has 3 heteroatoms. The van der Waals surface area contributed by atoms with Gasteiger partial charge >= 0.3 is 0 Å². The molecular weight excluding hydrogens is 260 g/mol. The first-order valence-corrected chi connectivity index (χ1v) is 8.95. The van der Waals surface area contributed by atoms with E-state index in [2.05, 4.69) is 37.9 Å². The zero-order chi connectivity index (χ0) is 15.5. The zero-order valence-corrected chi connectivity index (χ0v) is 14.8. The van der Waals surface area contributed by atoms with E-state index in [1.807, 2.05) is 7.11 Å². The van der Waals surface area contributed by atoms with Crippen LogP contribution < -0.4 is 5.32 Å². The lowest BCUT2D eigenvalue weighted by Gasteiger charge is -2.52. The zero-order valence-electron chi connectivity index (χ0n) is 14.8. The highest BCUT2D eigenvalue weighted by molar-refractivity contribution is 4.97. The lowest BCUT2D eigenvalue weighted by atomic mass is 9.81. The van der Waals surface area contributed by atoms with Gasteiger partial charge in [0.15, 0.2) is 0 Å². The number of rotatable bonds is 5. The topological polar surface area (TPSA) is 24.5 Å². The molecule has 2 aliphatic rings. The number of methoxy groups -OCH3 is 1. The second-order valence-corrected chi connectivity index (χ2v) is 8.12. The fourth-order valence-corrected chi connectivity index (χ4v) is 4.37. The Kier molecular flexibility index (Phi) is 6.10. The molecule has 2 unspecified atom stereocenters. The number of piperazine rings is 1. The maximum atomic E-state index is 5.51. The van der Waals surface area contributed by atoms with Crippen LogP contribution in [0.3, 0.4) is 0 Å². The normalized spacial score (nSPS) is 30.0. The maximum Gasteiger partial charge on any atom is 0.0641 e. The van der Waals surface area contributed by atoms with Gasteiger partial charge in [0.1, 0.15) is 0 Å². The highest BCUT2D eigenvalue weighted by atomic mass is 16.5. The van der Waals surface area contributed by atoms with E-state index in [0.29, 0.717) is 18.0 Å². The maximum absolute atomic E-state index is 5.51. The fourth-order valence-electron chi connectivity index (χ4n) is 4.37. The molecule has 2 fully saturated rings. The van der Waals surface area contributed by atoms with Crippen LogP contribution in [0.15, 0.2) is 0 Å². The largest absolute Gasteiger partial charge is 0.383 e. The van der Waals surface area contributed by atoms with Crippen molar-refractivity contribution >= 4 is 0 Å². The van der Waals surface area contributed by atoms with Gasteiger partial charge < -0.3 is 10.1 Å². The predicted octanol–water partition coefficient (Wildman–Crippen LogP) is 3.29. The van der Waals surface area contributed by atoms with Gasteiger partial charge in [0.2, 0.25) is 0 Å². The Bertz CT molecular complexity index is 310. The molecule has 0 bridgehead atoms. The molecule has 21 heavy (non-hydrogen) atoms. The Morgan fingerprint density at radius 3 is 2.43 bits per heavy atom. The van der Waals surface area contributed by atoms with Gasteiger partial charge in [-0.05, 0) is 38.5 Å². The van der Waals surface area contributed by atoms with Gasteiger partial charge in [-0.15, -0.1) is 0 Å².